The van der Waals surface area contributed by atoms with E-state index >= 15 is 0 Å². The average molecular weight is 287 g/mol. The molecule has 2 N–H and O–H groups in total. The zero-order chi connectivity index (χ0) is 14.3. The molecule has 0 aliphatic rings. The quantitative estimate of drug-likeness (QED) is 0.416. The third kappa shape index (κ3) is 6.44. The number of aldehydes is 1. The molecule has 0 aliphatic heterocycles. The van der Waals surface area contributed by atoms with Crippen LogP contribution in [-0.4, -0.2) is 47.9 Å². The maximum absolute atomic E-state index is 10.9. The van der Waals surface area contributed by atoms with Gasteiger partial charge >= 0.3 is 0 Å². The summed E-state index contributed by atoms with van der Waals surface area (Å²) in [4.78, 5) is 10.9. The van der Waals surface area contributed by atoms with Crippen molar-refractivity contribution < 1.29 is 23.0 Å². The van der Waals surface area contributed by atoms with Crippen molar-refractivity contribution in [2.45, 2.75) is 18.9 Å². The standard InChI is InChI=1S/C12H17NO5S/c14-10-12(9-11-5-2-1-3-6-11)13(15)7-4-8-19(16,17)18/h1-3,5-6,10,12,15H,4,7-9H2,(H,16,17,18)/t12-/m1/s1. The van der Waals surface area contributed by atoms with Gasteiger partial charge in [-0.3, -0.25) is 4.55 Å². The highest BCUT2D eigenvalue weighted by atomic mass is 32.2. The first-order valence-electron chi connectivity index (χ1n) is 5.82. The molecule has 0 fully saturated rings. The van der Waals surface area contributed by atoms with E-state index in [1.165, 1.54) is 0 Å². The van der Waals surface area contributed by atoms with Crippen LogP contribution in [0.2, 0.25) is 0 Å². The van der Waals surface area contributed by atoms with Crippen molar-refractivity contribution in [3.05, 3.63) is 35.9 Å². The first-order chi connectivity index (χ1) is 8.92. The van der Waals surface area contributed by atoms with Gasteiger partial charge in [-0.1, -0.05) is 30.3 Å². The van der Waals surface area contributed by atoms with Crippen LogP contribution in [0.15, 0.2) is 30.3 Å². The Kier molecular flexibility index (Phi) is 6.10. The highest BCUT2D eigenvalue weighted by Gasteiger charge is 2.17. The molecular formula is C12H17NO5S. The molecule has 106 valence electrons. The summed E-state index contributed by atoms with van der Waals surface area (Å²) in [5, 5.41) is 10.5. The molecule has 1 aromatic rings. The molecule has 0 saturated carbocycles. The Morgan fingerprint density at radius 1 is 1.26 bits per heavy atom. The molecule has 0 radical (unpaired) electrons. The molecule has 0 unspecified atom stereocenters. The van der Waals surface area contributed by atoms with Crippen molar-refractivity contribution in [2.75, 3.05) is 12.3 Å². The maximum atomic E-state index is 10.9. The van der Waals surface area contributed by atoms with E-state index in [0.29, 0.717) is 12.7 Å². The predicted octanol–water partition coefficient (Wildman–Crippen LogP) is 0.766. The molecule has 1 rings (SSSR count). The highest BCUT2D eigenvalue weighted by Crippen LogP contribution is 2.06. The van der Waals surface area contributed by atoms with Crippen LogP contribution in [0.25, 0.3) is 0 Å². The SMILES string of the molecule is O=C[C@@H](Cc1ccccc1)N(O)CCCS(=O)(=O)O. The van der Waals surface area contributed by atoms with Gasteiger partial charge in [0.2, 0.25) is 0 Å². The van der Waals surface area contributed by atoms with Crippen molar-refractivity contribution in [1.29, 1.82) is 0 Å². The number of hydroxylamine groups is 2. The second kappa shape index (κ2) is 7.34. The van der Waals surface area contributed by atoms with Gasteiger partial charge in [0, 0.05) is 6.54 Å². The van der Waals surface area contributed by atoms with Crippen molar-refractivity contribution in [3.8, 4) is 0 Å². The molecule has 0 amide bonds. The van der Waals surface area contributed by atoms with Crippen molar-refractivity contribution >= 4 is 16.4 Å². The van der Waals surface area contributed by atoms with Gasteiger partial charge in [-0.05, 0) is 18.4 Å². The lowest BCUT2D eigenvalue weighted by molar-refractivity contribution is -0.143. The Hall–Kier alpha value is -1.28. The summed E-state index contributed by atoms with van der Waals surface area (Å²) >= 11 is 0. The van der Waals surface area contributed by atoms with Crippen LogP contribution in [0.5, 0.6) is 0 Å². The predicted molar refractivity (Wildman–Crippen MR) is 69.5 cm³/mol. The third-order valence-corrected chi connectivity index (χ3v) is 3.42. The number of nitrogens with zero attached hydrogens (tertiary/aromatic N) is 1. The number of rotatable bonds is 8. The minimum atomic E-state index is -4.04. The smallest absolute Gasteiger partial charge is 0.264 e. The first kappa shape index (κ1) is 15.8. The Labute approximate surface area is 112 Å². The van der Waals surface area contributed by atoms with Crippen LogP contribution in [0.1, 0.15) is 12.0 Å². The summed E-state index contributed by atoms with van der Waals surface area (Å²) < 4.78 is 29.6. The van der Waals surface area contributed by atoms with Crippen LogP contribution in [0.3, 0.4) is 0 Å². The Balaban J connectivity index is 2.48. The molecule has 0 saturated heterocycles. The normalized spacial score (nSPS) is 13.4. The lowest BCUT2D eigenvalue weighted by Gasteiger charge is -2.21. The highest BCUT2D eigenvalue weighted by molar-refractivity contribution is 7.85. The fraction of sp³-hybridized carbons (Fsp3) is 0.417. The number of carbonyl (C=O) groups excluding carboxylic acids is 1. The molecule has 1 aromatic carbocycles. The van der Waals surface area contributed by atoms with Gasteiger partial charge in [0.1, 0.15) is 6.29 Å². The molecule has 0 aromatic heterocycles. The fourth-order valence-electron chi connectivity index (χ4n) is 1.65. The van der Waals surface area contributed by atoms with Gasteiger partial charge in [0.15, 0.2) is 0 Å². The van der Waals surface area contributed by atoms with E-state index in [9.17, 15) is 18.4 Å². The van der Waals surface area contributed by atoms with Gasteiger partial charge in [-0.25, -0.2) is 0 Å². The minimum Gasteiger partial charge on any atom is -0.313 e. The Bertz CT molecular complexity index is 488. The molecule has 0 spiro atoms. The van der Waals surface area contributed by atoms with E-state index in [2.05, 4.69) is 0 Å². The molecule has 1 atom stereocenters. The zero-order valence-electron chi connectivity index (χ0n) is 10.3. The third-order valence-electron chi connectivity index (χ3n) is 2.62. The van der Waals surface area contributed by atoms with Crippen LogP contribution >= 0.6 is 0 Å². The maximum Gasteiger partial charge on any atom is 0.264 e. The number of benzene rings is 1. The summed E-state index contributed by atoms with van der Waals surface area (Å²) in [5.41, 5.74) is 0.897. The van der Waals surface area contributed by atoms with Gasteiger partial charge < -0.3 is 10.0 Å². The van der Waals surface area contributed by atoms with Gasteiger partial charge in [-0.15, -0.1) is 0 Å². The molecule has 7 heteroatoms. The Morgan fingerprint density at radius 2 is 1.89 bits per heavy atom. The minimum absolute atomic E-state index is 0.00394. The molecule has 0 heterocycles. The number of carbonyl (C=O) groups is 1. The summed E-state index contributed by atoms with van der Waals surface area (Å²) in [6.07, 6.45) is 1.00. The Morgan fingerprint density at radius 3 is 2.42 bits per heavy atom. The van der Waals surface area contributed by atoms with Gasteiger partial charge in [0.25, 0.3) is 10.1 Å². The molecule has 0 bridgehead atoms. The van der Waals surface area contributed by atoms with E-state index in [4.69, 9.17) is 4.55 Å². The van der Waals surface area contributed by atoms with Gasteiger partial charge in [-0.2, -0.15) is 13.5 Å². The summed E-state index contributed by atoms with van der Waals surface area (Å²) in [5.74, 6) is -0.443. The van der Waals surface area contributed by atoms with Crippen molar-refractivity contribution in [3.63, 3.8) is 0 Å². The average Bonchev–Trinajstić information content (AvgIpc) is 2.35. The van der Waals surface area contributed by atoms with Crippen molar-refractivity contribution in [2.24, 2.45) is 0 Å². The first-order valence-corrected chi connectivity index (χ1v) is 7.43. The van der Waals surface area contributed by atoms with E-state index in [1.807, 2.05) is 30.3 Å². The molecule has 6 nitrogen and oxygen atoms in total. The molecule has 0 aliphatic carbocycles. The van der Waals surface area contributed by atoms with Crippen LogP contribution in [-0.2, 0) is 21.3 Å². The largest absolute Gasteiger partial charge is 0.313 e. The lowest BCUT2D eigenvalue weighted by atomic mass is 10.1. The van der Waals surface area contributed by atoms with E-state index in [-0.39, 0.29) is 13.0 Å². The second-order valence-electron chi connectivity index (χ2n) is 4.20. The molecule has 19 heavy (non-hydrogen) atoms. The van der Waals surface area contributed by atoms with Crippen molar-refractivity contribution in [1.82, 2.24) is 5.06 Å². The summed E-state index contributed by atoms with van der Waals surface area (Å²) in [6, 6.07) is 8.45. The number of hydrogen-bond donors (Lipinski definition) is 2. The zero-order valence-corrected chi connectivity index (χ0v) is 11.2. The number of hydrogen-bond acceptors (Lipinski definition) is 5. The summed E-state index contributed by atoms with van der Waals surface area (Å²) in [7, 11) is -4.04. The topological polar surface area (TPSA) is 94.9 Å². The van der Waals surface area contributed by atoms with E-state index < -0.39 is 21.9 Å². The van der Waals surface area contributed by atoms with Gasteiger partial charge in [0.05, 0.1) is 11.8 Å². The lowest BCUT2D eigenvalue weighted by Crippen LogP contribution is -2.36. The molecular weight excluding hydrogens is 270 g/mol. The van der Waals surface area contributed by atoms with E-state index in [0.717, 1.165) is 10.6 Å². The van der Waals surface area contributed by atoms with E-state index in [1.54, 1.807) is 0 Å². The van der Waals surface area contributed by atoms with Crippen LogP contribution in [0.4, 0.5) is 0 Å². The monoisotopic (exact) mass is 287 g/mol. The van der Waals surface area contributed by atoms with Crippen LogP contribution in [0, 0.1) is 0 Å². The summed E-state index contributed by atoms with van der Waals surface area (Å²) in [6.45, 7) is -0.00394. The fourth-order valence-corrected chi connectivity index (χ4v) is 2.15. The van der Waals surface area contributed by atoms with Crippen LogP contribution < -0.4 is 0 Å². The second-order valence-corrected chi connectivity index (χ2v) is 5.77.